The Labute approximate surface area is 200 Å². The maximum absolute atomic E-state index is 13.5. The minimum Gasteiger partial charge on any atom is -0.399 e. The first-order valence-electron chi connectivity index (χ1n) is 11.3. The summed E-state index contributed by atoms with van der Waals surface area (Å²) in [7, 11) is 0. The van der Waals surface area contributed by atoms with Crippen LogP contribution in [0.5, 0.6) is 0 Å². The predicted octanol–water partition coefficient (Wildman–Crippen LogP) is 2.28. The molecule has 1 unspecified atom stereocenters. The Morgan fingerprint density at radius 1 is 1.20 bits per heavy atom. The second-order valence-electron chi connectivity index (χ2n) is 8.63. The van der Waals surface area contributed by atoms with Gasteiger partial charge in [0.05, 0.1) is 6.04 Å². The lowest BCUT2D eigenvalue weighted by atomic mass is 10.0. The maximum Gasteiger partial charge on any atom is 0.270 e. The molecule has 2 heterocycles. The largest absolute Gasteiger partial charge is 0.399 e. The number of amides is 2. The monoisotopic (exact) mass is 478 g/mol. The second-order valence-corrected chi connectivity index (χ2v) is 8.63. The zero-order chi connectivity index (χ0) is 24.7. The molecule has 1 aliphatic carbocycles. The molecule has 2 aromatic rings. The van der Waals surface area contributed by atoms with E-state index < -0.39 is 17.5 Å². The van der Waals surface area contributed by atoms with E-state index in [1.54, 1.807) is 11.1 Å². The van der Waals surface area contributed by atoms with Crippen molar-refractivity contribution in [2.24, 2.45) is 4.99 Å². The molecule has 3 aliphatic rings. The fraction of sp³-hybridized carbons (Fsp3) is 0.240. The first kappa shape index (κ1) is 22.7. The Hall–Kier alpha value is -4.05. The van der Waals surface area contributed by atoms with Gasteiger partial charge >= 0.3 is 0 Å². The van der Waals surface area contributed by atoms with Crippen LogP contribution in [0.15, 0.2) is 59.0 Å². The molecule has 0 saturated heterocycles. The Kier molecular flexibility index (Phi) is 5.81. The topological polar surface area (TPSA) is 112 Å². The van der Waals surface area contributed by atoms with Gasteiger partial charge in [-0.3, -0.25) is 14.6 Å². The molecule has 0 radical (unpaired) electrons. The first-order chi connectivity index (χ1) is 16.8. The van der Waals surface area contributed by atoms with E-state index in [0.29, 0.717) is 17.9 Å². The number of nitrogens with two attached hydrogens (primary N) is 1. The van der Waals surface area contributed by atoms with E-state index in [1.807, 2.05) is 19.1 Å². The van der Waals surface area contributed by atoms with Crippen molar-refractivity contribution in [3.05, 3.63) is 87.9 Å². The molecule has 0 fully saturated rings. The molecule has 180 valence electrons. The number of nitrogen functional groups attached to an aromatic ring is 1. The molecule has 0 aromatic heterocycles. The van der Waals surface area contributed by atoms with E-state index in [-0.39, 0.29) is 29.9 Å². The zero-order valence-electron chi connectivity index (χ0n) is 19.0. The number of aliphatic imine (C=N–C) groups is 1. The van der Waals surface area contributed by atoms with E-state index in [2.05, 4.69) is 21.1 Å². The van der Waals surface area contributed by atoms with Crippen molar-refractivity contribution >= 4 is 23.2 Å². The number of fused-ring (bicyclic) bond motifs is 2. The fourth-order valence-electron chi connectivity index (χ4n) is 4.54. The third kappa shape index (κ3) is 4.28. The molecule has 0 saturated carbocycles. The third-order valence-electron chi connectivity index (χ3n) is 6.46. The average molecular weight is 479 g/mol. The van der Waals surface area contributed by atoms with Crippen molar-refractivity contribution in [3.63, 3.8) is 0 Å². The molecular weight excluding hydrogens is 454 g/mol. The number of hydrazine groups is 1. The molecule has 2 aliphatic heterocycles. The van der Waals surface area contributed by atoms with E-state index in [4.69, 9.17) is 5.73 Å². The molecule has 1 atom stereocenters. The predicted molar refractivity (Wildman–Crippen MR) is 126 cm³/mol. The molecule has 5 rings (SSSR count). The maximum atomic E-state index is 13.5. The highest BCUT2D eigenvalue weighted by Gasteiger charge is 2.33. The highest BCUT2D eigenvalue weighted by molar-refractivity contribution is 6.44. The van der Waals surface area contributed by atoms with Gasteiger partial charge in [0.15, 0.2) is 11.6 Å². The van der Waals surface area contributed by atoms with E-state index in [1.165, 1.54) is 12.1 Å². The summed E-state index contributed by atoms with van der Waals surface area (Å²) in [5.74, 6) is -2.40. The van der Waals surface area contributed by atoms with E-state index in [0.717, 1.165) is 47.4 Å². The Bertz CT molecular complexity index is 1330. The van der Waals surface area contributed by atoms with Gasteiger partial charge in [-0.15, -0.1) is 0 Å². The van der Waals surface area contributed by atoms with Crippen LogP contribution >= 0.6 is 0 Å². The molecule has 2 amide bonds. The van der Waals surface area contributed by atoms with E-state index in [9.17, 15) is 18.4 Å². The highest BCUT2D eigenvalue weighted by atomic mass is 19.2. The van der Waals surface area contributed by atoms with Gasteiger partial charge in [-0.05, 0) is 66.3 Å². The number of hydrogen-bond donors (Lipinski definition) is 4. The Balaban J connectivity index is 1.33. The summed E-state index contributed by atoms with van der Waals surface area (Å²) < 4.78 is 26.6. The number of carbonyl (C=O) groups excluding carboxylic acids is 2. The molecule has 0 spiro atoms. The molecule has 35 heavy (non-hydrogen) atoms. The Morgan fingerprint density at radius 3 is 2.83 bits per heavy atom. The molecule has 0 bridgehead atoms. The summed E-state index contributed by atoms with van der Waals surface area (Å²) in [5, 5.41) is 7.26. The smallest absolute Gasteiger partial charge is 0.270 e. The van der Waals surface area contributed by atoms with Crippen molar-refractivity contribution in [3.8, 4) is 0 Å². The van der Waals surface area contributed by atoms with Gasteiger partial charge in [-0.25, -0.2) is 19.2 Å². The van der Waals surface area contributed by atoms with Crippen LogP contribution in [-0.4, -0.2) is 29.1 Å². The standard InChI is InChI=1S/C25H24F2N6O2/c1-13-15-4-7-20(16(15)3-6-19(13)28)32-25(35)22-11-21(31-23-8-9-30-33(22)23)24(34)29-12-14-2-5-17(26)18(27)10-14/h2-3,5-6,8,10-11,20,30H,4,7,9,12,28H2,1H3,(H,29,34)(H,32,35). The minimum atomic E-state index is -0.991. The van der Waals surface area contributed by atoms with Gasteiger partial charge in [-0.2, -0.15) is 0 Å². The zero-order valence-corrected chi connectivity index (χ0v) is 19.0. The normalized spacial score (nSPS) is 18.3. The molecular formula is C25H24F2N6O2. The van der Waals surface area contributed by atoms with E-state index >= 15 is 0 Å². The number of nitrogens with zero attached hydrogens (tertiary/aromatic N) is 2. The van der Waals surface area contributed by atoms with Crippen LogP contribution in [0, 0.1) is 18.6 Å². The fourth-order valence-corrected chi connectivity index (χ4v) is 4.54. The lowest BCUT2D eigenvalue weighted by molar-refractivity contribution is -0.119. The van der Waals surface area contributed by atoms with Gasteiger partial charge in [-0.1, -0.05) is 12.1 Å². The van der Waals surface area contributed by atoms with Crippen LogP contribution in [-0.2, 0) is 22.6 Å². The summed E-state index contributed by atoms with van der Waals surface area (Å²) in [6.45, 7) is 2.42. The van der Waals surface area contributed by atoms with Crippen molar-refractivity contribution < 1.29 is 18.4 Å². The van der Waals surface area contributed by atoms with Crippen LogP contribution in [0.3, 0.4) is 0 Å². The molecule has 5 N–H and O–H groups in total. The second kappa shape index (κ2) is 8.95. The van der Waals surface area contributed by atoms with Crippen LogP contribution in [0.1, 0.15) is 34.7 Å². The van der Waals surface area contributed by atoms with Crippen LogP contribution in [0.4, 0.5) is 14.5 Å². The SMILES string of the molecule is Cc1c(N)ccc2c1CCC2NC(=O)C1=CC(C(=O)NCc2ccc(F)c(F)c2)=NC2=CCNN21. The van der Waals surface area contributed by atoms with Gasteiger partial charge in [0.25, 0.3) is 11.8 Å². The minimum absolute atomic E-state index is 0.0211. The summed E-state index contributed by atoms with van der Waals surface area (Å²) in [6, 6.07) is 7.04. The summed E-state index contributed by atoms with van der Waals surface area (Å²) in [5.41, 5.74) is 13.7. The third-order valence-corrected chi connectivity index (χ3v) is 6.46. The summed E-state index contributed by atoms with van der Waals surface area (Å²) in [4.78, 5) is 30.4. The lowest BCUT2D eigenvalue weighted by Gasteiger charge is -2.27. The van der Waals surface area contributed by atoms with Gasteiger partial charge in [0.2, 0.25) is 0 Å². The number of rotatable bonds is 5. The summed E-state index contributed by atoms with van der Waals surface area (Å²) >= 11 is 0. The quantitative estimate of drug-likeness (QED) is 0.493. The number of anilines is 1. The van der Waals surface area contributed by atoms with Crippen molar-refractivity contribution in [1.82, 2.24) is 21.1 Å². The van der Waals surface area contributed by atoms with Crippen LogP contribution in [0.25, 0.3) is 0 Å². The van der Waals surface area contributed by atoms with Gasteiger partial charge < -0.3 is 16.4 Å². The number of hydrogen-bond acceptors (Lipinski definition) is 6. The Morgan fingerprint density at radius 2 is 2.03 bits per heavy atom. The number of nitrogens with one attached hydrogen (secondary N) is 3. The molecule has 2 aromatic carbocycles. The lowest BCUT2D eigenvalue weighted by Crippen LogP contribution is -2.43. The van der Waals surface area contributed by atoms with Crippen LogP contribution < -0.4 is 21.8 Å². The molecule has 8 nitrogen and oxygen atoms in total. The number of halogens is 2. The van der Waals surface area contributed by atoms with Crippen LogP contribution in [0.2, 0.25) is 0 Å². The van der Waals surface area contributed by atoms with Crippen molar-refractivity contribution in [2.75, 3.05) is 12.3 Å². The number of benzene rings is 2. The highest BCUT2D eigenvalue weighted by Crippen LogP contribution is 2.35. The van der Waals surface area contributed by atoms with Crippen molar-refractivity contribution in [2.45, 2.75) is 32.4 Å². The molecule has 10 heteroatoms. The average Bonchev–Trinajstić information content (AvgIpc) is 3.48. The van der Waals surface area contributed by atoms with Crippen molar-refractivity contribution in [1.29, 1.82) is 0 Å². The summed E-state index contributed by atoms with van der Waals surface area (Å²) in [6.07, 6.45) is 4.75. The van der Waals surface area contributed by atoms with Gasteiger partial charge in [0, 0.05) is 24.9 Å². The number of carbonyl (C=O) groups is 2. The first-order valence-corrected chi connectivity index (χ1v) is 11.3. The van der Waals surface area contributed by atoms with Gasteiger partial charge in [0.1, 0.15) is 17.2 Å².